The number of hydrogen-bond donors (Lipinski definition) is 2. The smallest absolute Gasteiger partial charge is 0.0966 e. The summed E-state index contributed by atoms with van der Waals surface area (Å²) in [4.78, 5) is 0. The predicted octanol–water partition coefficient (Wildman–Crippen LogP) is 3.03. The van der Waals surface area contributed by atoms with Gasteiger partial charge in [-0.15, -0.1) is 0 Å². The number of aliphatic hydroxyl groups is 1. The van der Waals surface area contributed by atoms with Gasteiger partial charge in [-0.3, -0.25) is 0 Å². The molecule has 0 saturated heterocycles. The van der Waals surface area contributed by atoms with Crippen LogP contribution >= 0.6 is 34.8 Å². The van der Waals surface area contributed by atoms with E-state index in [4.69, 9.17) is 40.5 Å². The lowest BCUT2D eigenvalue weighted by molar-refractivity contribution is 0.153. The summed E-state index contributed by atoms with van der Waals surface area (Å²) in [5.41, 5.74) is 5.97. The highest BCUT2D eigenvalue weighted by Gasteiger charge is 2.19. The summed E-state index contributed by atoms with van der Waals surface area (Å²) in [5, 5.41) is 10.8. The van der Waals surface area contributed by atoms with Crippen LogP contribution < -0.4 is 5.73 Å². The van der Waals surface area contributed by atoms with E-state index in [1.807, 2.05) is 0 Å². The van der Waals surface area contributed by atoms with Crippen molar-refractivity contribution in [1.29, 1.82) is 0 Å². The molecule has 5 heteroatoms. The molecule has 0 saturated carbocycles. The molecule has 1 rings (SSSR count). The lowest BCUT2D eigenvalue weighted by atomic mass is 10.0. The van der Waals surface area contributed by atoms with Gasteiger partial charge in [0.15, 0.2) is 0 Å². The van der Waals surface area contributed by atoms with Crippen LogP contribution in [0.25, 0.3) is 0 Å². The van der Waals surface area contributed by atoms with Crippen LogP contribution in [0.1, 0.15) is 18.6 Å². The van der Waals surface area contributed by atoms with E-state index in [-0.39, 0.29) is 0 Å². The Labute approximate surface area is 97.6 Å². The minimum atomic E-state index is -0.882. The molecule has 0 aliphatic carbocycles. The number of hydrogen-bond acceptors (Lipinski definition) is 2. The maximum absolute atomic E-state index is 9.71. The highest BCUT2D eigenvalue weighted by molar-refractivity contribution is 6.39. The van der Waals surface area contributed by atoms with Crippen LogP contribution in [-0.4, -0.2) is 11.1 Å². The molecule has 2 nitrogen and oxygen atoms in total. The molecular formula is C9H10Cl3NO. The topological polar surface area (TPSA) is 46.2 Å². The zero-order chi connectivity index (χ0) is 10.9. The lowest BCUT2D eigenvalue weighted by Gasteiger charge is -2.17. The van der Waals surface area contributed by atoms with Crippen molar-refractivity contribution in [1.82, 2.24) is 0 Å². The van der Waals surface area contributed by atoms with E-state index in [1.165, 1.54) is 12.1 Å². The average molecular weight is 255 g/mol. The van der Waals surface area contributed by atoms with Gasteiger partial charge in [0.2, 0.25) is 0 Å². The molecule has 0 aliphatic heterocycles. The fraction of sp³-hybridized carbons (Fsp3) is 0.333. The second-order valence-corrected chi connectivity index (χ2v) is 4.34. The summed E-state index contributed by atoms with van der Waals surface area (Å²) < 4.78 is 0. The van der Waals surface area contributed by atoms with Gasteiger partial charge in [-0.25, -0.2) is 0 Å². The Morgan fingerprint density at radius 1 is 1.21 bits per heavy atom. The Morgan fingerprint density at radius 2 is 1.64 bits per heavy atom. The lowest BCUT2D eigenvalue weighted by Crippen LogP contribution is -2.24. The summed E-state index contributed by atoms with van der Waals surface area (Å²) >= 11 is 17.5. The van der Waals surface area contributed by atoms with Crippen LogP contribution in [0.15, 0.2) is 12.1 Å². The molecule has 0 spiro atoms. The quantitative estimate of drug-likeness (QED) is 0.852. The molecular weight excluding hydrogens is 244 g/mol. The zero-order valence-electron chi connectivity index (χ0n) is 7.47. The minimum absolute atomic E-state index is 0.326. The number of benzene rings is 1. The third-order valence-corrected chi connectivity index (χ3v) is 2.68. The van der Waals surface area contributed by atoms with Gasteiger partial charge in [0.25, 0.3) is 0 Å². The van der Waals surface area contributed by atoms with E-state index in [9.17, 15) is 5.11 Å². The highest BCUT2D eigenvalue weighted by atomic mass is 35.5. The monoisotopic (exact) mass is 253 g/mol. The Hall–Kier alpha value is 0.01000. The molecule has 0 fully saturated rings. The maximum atomic E-state index is 9.71. The third kappa shape index (κ3) is 2.53. The van der Waals surface area contributed by atoms with E-state index in [1.54, 1.807) is 6.92 Å². The van der Waals surface area contributed by atoms with Crippen molar-refractivity contribution in [3.8, 4) is 0 Å². The first-order valence-electron chi connectivity index (χ1n) is 4.01. The summed E-state index contributed by atoms with van der Waals surface area (Å²) in [5.74, 6) is 0. The van der Waals surface area contributed by atoms with E-state index < -0.39 is 12.1 Å². The maximum Gasteiger partial charge on any atom is 0.0966 e. The predicted molar refractivity (Wildman–Crippen MR) is 60.1 cm³/mol. The van der Waals surface area contributed by atoms with Crippen molar-refractivity contribution >= 4 is 34.8 Å². The molecule has 0 amide bonds. The molecule has 0 bridgehead atoms. The fourth-order valence-electron chi connectivity index (χ4n) is 1.10. The SMILES string of the molecule is C[C@@H](N)[C@@H](O)c1c(Cl)cc(Cl)cc1Cl. The third-order valence-electron chi connectivity index (χ3n) is 1.84. The molecule has 78 valence electrons. The Balaban J connectivity index is 3.20. The van der Waals surface area contributed by atoms with Crippen LogP contribution in [0.3, 0.4) is 0 Å². The van der Waals surface area contributed by atoms with Gasteiger partial charge in [-0.05, 0) is 19.1 Å². The Morgan fingerprint density at radius 3 is 2.00 bits per heavy atom. The molecule has 0 aliphatic rings. The van der Waals surface area contributed by atoms with Gasteiger partial charge in [0, 0.05) is 26.7 Å². The summed E-state index contributed by atoms with van der Waals surface area (Å²) in [7, 11) is 0. The van der Waals surface area contributed by atoms with Gasteiger partial charge in [0.1, 0.15) is 0 Å². The first kappa shape index (κ1) is 12.1. The van der Waals surface area contributed by atoms with Crippen molar-refractivity contribution in [2.24, 2.45) is 5.73 Å². The molecule has 0 heterocycles. The molecule has 0 radical (unpaired) electrons. The molecule has 0 aromatic heterocycles. The minimum Gasteiger partial charge on any atom is -0.387 e. The number of aliphatic hydroxyl groups excluding tert-OH is 1. The Bertz CT molecular complexity index is 318. The van der Waals surface area contributed by atoms with Crippen molar-refractivity contribution in [3.63, 3.8) is 0 Å². The summed E-state index contributed by atoms with van der Waals surface area (Å²) in [6.07, 6.45) is -0.882. The van der Waals surface area contributed by atoms with Crippen LogP contribution in [0.2, 0.25) is 15.1 Å². The van der Waals surface area contributed by atoms with Gasteiger partial charge < -0.3 is 10.8 Å². The van der Waals surface area contributed by atoms with Crippen molar-refractivity contribution in [2.45, 2.75) is 19.1 Å². The largest absolute Gasteiger partial charge is 0.387 e. The normalized spacial score (nSPS) is 15.3. The first-order valence-corrected chi connectivity index (χ1v) is 5.15. The Kier molecular flexibility index (Phi) is 4.04. The van der Waals surface area contributed by atoms with Crippen LogP contribution in [0, 0.1) is 0 Å². The van der Waals surface area contributed by atoms with E-state index in [0.29, 0.717) is 20.6 Å². The van der Waals surface area contributed by atoms with E-state index >= 15 is 0 Å². The zero-order valence-corrected chi connectivity index (χ0v) is 9.74. The van der Waals surface area contributed by atoms with Crippen molar-refractivity contribution < 1.29 is 5.11 Å². The van der Waals surface area contributed by atoms with Crippen LogP contribution in [0.4, 0.5) is 0 Å². The van der Waals surface area contributed by atoms with Crippen LogP contribution in [0.5, 0.6) is 0 Å². The molecule has 3 N–H and O–H groups in total. The first-order chi connectivity index (χ1) is 6.43. The van der Waals surface area contributed by atoms with Gasteiger partial charge in [-0.1, -0.05) is 34.8 Å². The number of halogens is 3. The summed E-state index contributed by atoms with van der Waals surface area (Å²) in [6, 6.07) is 2.61. The average Bonchev–Trinajstić information content (AvgIpc) is 2.01. The van der Waals surface area contributed by atoms with Crippen LogP contribution in [-0.2, 0) is 0 Å². The van der Waals surface area contributed by atoms with Crippen molar-refractivity contribution in [2.75, 3.05) is 0 Å². The molecule has 14 heavy (non-hydrogen) atoms. The fourth-order valence-corrected chi connectivity index (χ4v) is 2.14. The second-order valence-electron chi connectivity index (χ2n) is 3.09. The summed E-state index contributed by atoms with van der Waals surface area (Å²) in [6.45, 7) is 1.67. The standard InChI is InChI=1S/C9H10Cl3NO/c1-4(13)9(14)8-6(11)2-5(10)3-7(8)12/h2-4,9,14H,13H2,1H3/t4-,9-/m1/s1. The highest BCUT2D eigenvalue weighted by Crippen LogP contribution is 2.34. The van der Waals surface area contributed by atoms with Gasteiger partial charge in [0.05, 0.1) is 6.10 Å². The van der Waals surface area contributed by atoms with E-state index in [2.05, 4.69) is 0 Å². The molecule has 0 unspecified atom stereocenters. The second kappa shape index (κ2) is 4.69. The van der Waals surface area contributed by atoms with Gasteiger partial charge in [-0.2, -0.15) is 0 Å². The number of rotatable bonds is 2. The molecule has 1 aromatic carbocycles. The van der Waals surface area contributed by atoms with Gasteiger partial charge >= 0.3 is 0 Å². The van der Waals surface area contributed by atoms with Crippen molar-refractivity contribution in [3.05, 3.63) is 32.8 Å². The molecule has 1 aromatic rings. The molecule has 2 atom stereocenters. The van der Waals surface area contributed by atoms with E-state index in [0.717, 1.165) is 0 Å². The number of nitrogens with two attached hydrogens (primary N) is 1.